The minimum absolute atomic E-state index is 0.0827. The number of aryl methyl sites for hydroxylation is 1. The van der Waals surface area contributed by atoms with Gasteiger partial charge in [0.15, 0.2) is 0 Å². The number of carbonyl (C=O) groups is 1. The molecule has 33 heavy (non-hydrogen) atoms. The summed E-state index contributed by atoms with van der Waals surface area (Å²) in [6.45, 7) is 12.5. The van der Waals surface area contributed by atoms with Gasteiger partial charge in [0, 0.05) is 5.56 Å². The number of benzene rings is 2. The van der Waals surface area contributed by atoms with Gasteiger partial charge < -0.3 is 5.11 Å². The molecule has 0 aliphatic heterocycles. The third-order valence-corrected chi connectivity index (χ3v) is 7.16. The molecule has 0 saturated heterocycles. The molecule has 2 aromatic carbocycles. The van der Waals surface area contributed by atoms with Crippen LogP contribution in [0.2, 0.25) is 0 Å². The van der Waals surface area contributed by atoms with Crippen LogP contribution in [-0.4, -0.2) is 15.2 Å². The van der Waals surface area contributed by atoms with Crippen molar-refractivity contribution >= 4 is 15.8 Å². The molecule has 2 aromatic rings. The van der Waals surface area contributed by atoms with E-state index in [4.69, 9.17) is 5.14 Å². The first-order valence-corrected chi connectivity index (χ1v) is 12.5. The van der Waals surface area contributed by atoms with Crippen LogP contribution in [0.1, 0.15) is 93.2 Å². The topological polar surface area (TPSA) is 92.8 Å². The smallest absolute Gasteiger partial charge is 0.263 e. The third-order valence-electron chi connectivity index (χ3n) is 5.60. The van der Waals surface area contributed by atoms with Crippen LogP contribution in [0.5, 0.6) is 0 Å². The molecule has 0 heterocycles. The van der Waals surface area contributed by atoms with Crippen LogP contribution in [0.15, 0.2) is 39.6 Å². The van der Waals surface area contributed by atoms with Crippen molar-refractivity contribution in [2.24, 2.45) is 9.50 Å². The number of halogens is 2. The van der Waals surface area contributed by atoms with Crippen molar-refractivity contribution in [2.45, 2.75) is 83.6 Å². The maximum absolute atomic E-state index is 13.4. The van der Waals surface area contributed by atoms with E-state index in [2.05, 4.69) is 4.36 Å². The van der Waals surface area contributed by atoms with E-state index in [9.17, 15) is 22.9 Å². The standard InChI is InChI=1S/C25H34F2N2O3S/c1-14(2)19-11-17(24(26)27)12-20(15(3)4)21(19)13-23(30)29-33(28,32)22-9-8-18(10-16(22)5)25(6,7)31/h8-12,14-15,24,31H,13H2,1-7H3,(H2,28,29,30,32). The molecule has 0 radical (unpaired) electrons. The third kappa shape index (κ3) is 6.46. The molecule has 0 aromatic heterocycles. The van der Waals surface area contributed by atoms with Gasteiger partial charge in [-0.3, -0.25) is 4.79 Å². The zero-order chi connectivity index (χ0) is 25.3. The van der Waals surface area contributed by atoms with E-state index < -0.39 is 27.8 Å². The van der Waals surface area contributed by atoms with Crippen LogP contribution in [0, 0.1) is 6.92 Å². The maximum atomic E-state index is 13.4. The molecule has 0 fully saturated rings. The van der Waals surface area contributed by atoms with E-state index >= 15 is 0 Å². The number of carbonyl (C=O) groups excluding carboxylic acids is 1. The Bertz CT molecular complexity index is 1130. The Morgan fingerprint density at radius 2 is 1.61 bits per heavy atom. The van der Waals surface area contributed by atoms with Gasteiger partial charge in [0.25, 0.3) is 12.3 Å². The Hall–Kier alpha value is -2.16. The highest BCUT2D eigenvalue weighted by Crippen LogP contribution is 2.34. The van der Waals surface area contributed by atoms with Gasteiger partial charge in [-0.15, -0.1) is 4.36 Å². The largest absolute Gasteiger partial charge is 0.386 e. The molecule has 182 valence electrons. The van der Waals surface area contributed by atoms with E-state index in [1.165, 1.54) is 18.2 Å². The van der Waals surface area contributed by atoms with E-state index in [0.29, 0.717) is 27.8 Å². The van der Waals surface area contributed by atoms with Gasteiger partial charge in [-0.05, 0) is 78.6 Å². The molecule has 1 atom stereocenters. The Morgan fingerprint density at radius 3 is 2.00 bits per heavy atom. The maximum Gasteiger partial charge on any atom is 0.263 e. The predicted octanol–water partition coefficient (Wildman–Crippen LogP) is 5.88. The number of amides is 1. The summed E-state index contributed by atoms with van der Waals surface area (Å²) >= 11 is 0. The highest BCUT2D eigenvalue weighted by Gasteiger charge is 2.23. The zero-order valence-corrected chi connectivity index (χ0v) is 21.1. The average molecular weight is 481 g/mol. The summed E-state index contributed by atoms with van der Waals surface area (Å²) in [5.41, 5.74) is 1.92. The fraction of sp³-hybridized carbons (Fsp3) is 0.480. The lowest BCUT2D eigenvalue weighted by Crippen LogP contribution is -2.20. The average Bonchev–Trinajstić information content (AvgIpc) is 2.65. The Balaban J connectivity index is 2.53. The molecular weight excluding hydrogens is 446 g/mol. The molecule has 5 nitrogen and oxygen atoms in total. The molecule has 0 bridgehead atoms. The van der Waals surface area contributed by atoms with E-state index in [-0.39, 0.29) is 28.7 Å². The Kier molecular flexibility index (Phi) is 8.20. The van der Waals surface area contributed by atoms with Gasteiger partial charge in [-0.2, -0.15) is 0 Å². The molecule has 1 amide bonds. The molecule has 0 aliphatic carbocycles. The van der Waals surface area contributed by atoms with Crippen LogP contribution in [0.3, 0.4) is 0 Å². The van der Waals surface area contributed by atoms with Gasteiger partial charge in [-0.25, -0.2) is 18.1 Å². The summed E-state index contributed by atoms with van der Waals surface area (Å²) in [5, 5.41) is 16.2. The minimum atomic E-state index is -3.54. The fourth-order valence-corrected chi connectivity index (χ4v) is 5.09. The highest BCUT2D eigenvalue weighted by molar-refractivity contribution is 7.91. The molecule has 0 spiro atoms. The SMILES string of the molecule is Cc1cc(C(C)(C)O)ccc1S(N)(=O)=NC(=O)Cc1c(C(C)C)cc(C(F)F)cc1C(C)C. The number of rotatable bonds is 7. The number of alkyl halides is 2. The van der Waals surface area contributed by atoms with Gasteiger partial charge in [-0.1, -0.05) is 39.8 Å². The van der Waals surface area contributed by atoms with Crippen LogP contribution in [0.25, 0.3) is 0 Å². The zero-order valence-electron chi connectivity index (χ0n) is 20.3. The van der Waals surface area contributed by atoms with Crippen molar-refractivity contribution in [3.63, 3.8) is 0 Å². The molecule has 3 N–H and O–H groups in total. The summed E-state index contributed by atoms with van der Waals surface area (Å²) in [5.74, 6) is -0.868. The molecular formula is C25H34F2N2O3S. The number of hydrogen-bond acceptors (Lipinski definition) is 3. The molecule has 0 aliphatic rings. The van der Waals surface area contributed by atoms with Crippen molar-refractivity contribution in [3.05, 3.63) is 63.7 Å². The van der Waals surface area contributed by atoms with Crippen LogP contribution in [-0.2, 0) is 26.7 Å². The second-order valence-electron chi connectivity index (χ2n) is 9.56. The van der Waals surface area contributed by atoms with Crippen molar-refractivity contribution in [1.29, 1.82) is 0 Å². The van der Waals surface area contributed by atoms with Crippen LogP contribution >= 0.6 is 0 Å². The van der Waals surface area contributed by atoms with Gasteiger partial charge >= 0.3 is 0 Å². The number of nitrogens with zero attached hydrogens (tertiary/aromatic N) is 1. The first-order valence-electron chi connectivity index (χ1n) is 10.9. The molecule has 0 saturated carbocycles. The van der Waals surface area contributed by atoms with E-state index in [0.717, 1.165) is 0 Å². The van der Waals surface area contributed by atoms with Gasteiger partial charge in [0.2, 0.25) is 0 Å². The number of hydrogen-bond donors (Lipinski definition) is 2. The summed E-state index contributed by atoms with van der Waals surface area (Å²) in [4.78, 5) is 13.1. The van der Waals surface area contributed by atoms with E-state index in [1.54, 1.807) is 32.9 Å². The summed E-state index contributed by atoms with van der Waals surface area (Å²) in [6.07, 6.45) is -2.80. The van der Waals surface area contributed by atoms with Crippen molar-refractivity contribution in [2.75, 3.05) is 0 Å². The quantitative estimate of drug-likeness (QED) is 0.518. The fourth-order valence-electron chi connectivity index (χ4n) is 3.84. The monoisotopic (exact) mass is 480 g/mol. The van der Waals surface area contributed by atoms with E-state index in [1.807, 2.05) is 27.7 Å². The van der Waals surface area contributed by atoms with Crippen molar-refractivity contribution < 1.29 is 22.9 Å². The Morgan fingerprint density at radius 1 is 1.09 bits per heavy atom. The van der Waals surface area contributed by atoms with Gasteiger partial charge in [0.1, 0.15) is 9.92 Å². The number of aliphatic hydroxyl groups is 1. The van der Waals surface area contributed by atoms with Crippen molar-refractivity contribution in [3.8, 4) is 0 Å². The second kappa shape index (κ2) is 9.99. The Labute approximate surface area is 195 Å². The van der Waals surface area contributed by atoms with Crippen LogP contribution < -0.4 is 5.14 Å². The van der Waals surface area contributed by atoms with Crippen molar-refractivity contribution in [1.82, 2.24) is 0 Å². The normalized spacial score (nSPS) is 14.1. The first-order chi connectivity index (χ1) is 15.0. The summed E-state index contributed by atoms with van der Waals surface area (Å²) < 4.78 is 43.9. The molecule has 8 heteroatoms. The minimum Gasteiger partial charge on any atom is -0.386 e. The lowest BCUT2D eigenvalue weighted by molar-refractivity contribution is -0.117. The molecule has 1 unspecified atom stereocenters. The highest BCUT2D eigenvalue weighted by atomic mass is 32.2. The first kappa shape index (κ1) is 27.1. The second-order valence-corrected chi connectivity index (χ2v) is 11.3. The van der Waals surface area contributed by atoms with Crippen LogP contribution in [0.4, 0.5) is 8.78 Å². The molecule has 2 rings (SSSR count). The lowest BCUT2D eigenvalue weighted by Gasteiger charge is -2.21. The summed E-state index contributed by atoms with van der Waals surface area (Å²) in [6, 6.07) is 7.65. The summed E-state index contributed by atoms with van der Waals surface area (Å²) in [7, 11) is -3.54. The van der Waals surface area contributed by atoms with Gasteiger partial charge in [0.05, 0.1) is 16.9 Å². The predicted molar refractivity (Wildman–Crippen MR) is 128 cm³/mol. The lowest BCUT2D eigenvalue weighted by atomic mass is 9.85. The number of nitrogens with two attached hydrogens (primary N) is 1.